The Hall–Kier alpha value is -2.54. The van der Waals surface area contributed by atoms with Gasteiger partial charge in [0.25, 0.3) is 0 Å². The van der Waals surface area contributed by atoms with E-state index < -0.39 is 18.4 Å². The maximum atomic E-state index is 12.4. The highest BCUT2D eigenvalue weighted by Crippen LogP contribution is 2.30. The molecule has 0 radical (unpaired) electrons. The number of hydrogen-bond donors (Lipinski definition) is 0. The van der Waals surface area contributed by atoms with Crippen LogP contribution in [0.4, 0.5) is 13.2 Å². The Morgan fingerprint density at radius 3 is 2.04 bits per heavy atom. The predicted molar refractivity (Wildman–Crippen MR) is 84.6 cm³/mol. The molecule has 2 aromatic carbocycles. The van der Waals surface area contributed by atoms with Gasteiger partial charge in [-0.05, 0) is 48.4 Å². The van der Waals surface area contributed by atoms with Crippen LogP contribution in [0.5, 0.6) is 11.5 Å². The molecule has 7 heteroatoms. The molecule has 0 aliphatic carbocycles. The van der Waals surface area contributed by atoms with E-state index in [1.165, 1.54) is 31.4 Å². The van der Waals surface area contributed by atoms with Crippen molar-refractivity contribution in [1.82, 2.24) is 0 Å². The zero-order valence-electron chi connectivity index (χ0n) is 13.7. The molecule has 0 saturated carbocycles. The van der Waals surface area contributed by atoms with E-state index in [2.05, 4.69) is 4.74 Å². The Bertz CT molecular complexity index is 694. The second kappa shape index (κ2) is 8.02. The number of carbonyl (C=O) groups is 1. The lowest BCUT2D eigenvalue weighted by molar-refractivity contribution is -0.345. The zero-order chi connectivity index (χ0) is 18.4. The van der Waals surface area contributed by atoms with Crippen molar-refractivity contribution in [1.29, 1.82) is 0 Å². The summed E-state index contributed by atoms with van der Waals surface area (Å²) in [4.78, 5) is 12.1. The van der Waals surface area contributed by atoms with Gasteiger partial charge in [-0.3, -0.25) is 4.74 Å². The van der Waals surface area contributed by atoms with Crippen molar-refractivity contribution in [3.8, 4) is 11.5 Å². The molecule has 0 aliphatic heterocycles. The van der Waals surface area contributed by atoms with E-state index in [-0.39, 0.29) is 12.0 Å². The number of rotatable bonds is 6. The molecule has 0 fully saturated rings. The van der Waals surface area contributed by atoms with Crippen LogP contribution in [0.3, 0.4) is 0 Å². The summed E-state index contributed by atoms with van der Waals surface area (Å²) >= 11 is 0. The highest BCUT2D eigenvalue weighted by atomic mass is 19.4. The van der Waals surface area contributed by atoms with Crippen molar-refractivity contribution in [2.75, 3.05) is 7.11 Å². The molecule has 1 atom stereocenters. The van der Waals surface area contributed by atoms with Gasteiger partial charge < -0.3 is 9.47 Å². The van der Waals surface area contributed by atoms with Crippen molar-refractivity contribution in [3.05, 3.63) is 59.7 Å². The van der Waals surface area contributed by atoms with Gasteiger partial charge in [-0.15, -0.1) is 13.2 Å². The largest absolute Gasteiger partial charge is 0.523 e. The van der Waals surface area contributed by atoms with Crippen LogP contribution in [-0.4, -0.2) is 19.4 Å². The topological polar surface area (TPSA) is 44.8 Å². The predicted octanol–water partition coefficient (Wildman–Crippen LogP) is 4.90. The lowest BCUT2D eigenvalue weighted by Crippen LogP contribution is -2.18. The van der Waals surface area contributed by atoms with Crippen LogP contribution in [0.2, 0.25) is 0 Å². The first-order valence-corrected chi connectivity index (χ1v) is 7.53. The molecular formula is C18H17F3O4. The van der Waals surface area contributed by atoms with E-state index in [1.54, 1.807) is 31.2 Å². The van der Waals surface area contributed by atoms with E-state index in [0.29, 0.717) is 17.1 Å². The number of carbonyl (C=O) groups excluding carboxylic acids is 1. The van der Waals surface area contributed by atoms with Crippen molar-refractivity contribution in [2.45, 2.75) is 25.8 Å². The van der Waals surface area contributed by atoms with Gasteiger partial charge >= 0.3 is 12.3 Å². The Morgan fingerprint density at radius 2 is 1.56 bits per heavy atom. The molecule has 25 heavy (non-hydrogen) atoms. The summed E-state index contributed by atoms with van der Waals surface area (Å²) in [6.07, 6.45) is -5.69. The Kier molecular flexibility index (Phi) is 6.03. The van der Waals surface area contributed by atoms with Crippen molar-refractivity contribution < 1.29 is 32.2 Å². The molecule has 0 spiro atoms. The van der Waals surface area contributed by atoms with Crippen molar-refractivity contribution in [2.24, 2.45) is 0 Å². The second-order valence-electron chi connectivity index (χ2n) is 5.15. The zero-order valence-corrected chi connectivity index (χ0v) is 13.7. The molecule has 2 aromatic rings. The van der Waals surface area contributed by atoms with Crippen molar-refractivity contribution in [3.63, 3.8) is 0 Å². The SMILES string of the molecule is CCC(OC(F)(F)F)c1ccc(C(=O)Oc2ccc(OC)cc2)cc1. The molecule has 1 unspecified atom stereocenters. The van der Waals surface area contributed by atoms with E-state index in [0.717, 1.165) is 0 Å². The second-order valence-corrected chi connectivity index (χ2v) is 5.15. The van der Waals surface area contributed by atoms with E-state index in [4.69, 9.17) is 9.47 Å². The third kappa shape index (κ3) is 5.49. The minimum atomic E-state index is -4.72. The quantitative estimate of drug-likeness (QED) is 0.547. The summed E-state index contributed by atoms with van der Waals surface area (Å²) < 4.78 is 51.4. The summed E-state index contributed by atoms with van der Waals surface area (Å²) in [5.74, 6) is 0.350. The first-order chi connectivity index (χ1) is 11.8. The fourth-order valence-electron chi connectivity index (χ4n) is 2.19. The van der Waals surface area contributed by atoms with E-state index in [9.17, 15) is 18.0 Å². The highest BCUT2D eigenvalue weighted by molar-refractivity contribution is 5.91. The molecule has 4 nitrogen and oxygen atoms in total. The Labute approximate surface area is 143 Å². The molecule has 0 saturated heterocycles. The molecule has 0 heterocycles. The molecule has 134 valence electrons. The standard InChI is InChI=1S/C18H17F3O4/c1-3-16(25-18(19,20)21)12-4-6-13(7-5-12)17(22)24-15-10-8-14(23-2)9-11-15/h4-11,16H,3H2,1-2H3. The summed E-state index contributed by atoms with van der Waals surface area (Å²) in [7, 11) is 1.52. The van der Waals surface area contributed by atoms with Crippen LogP contribution in [0.15, 0.2) is 48.5 Å². The summed E-state index contributed by atoms with van der Waals surface area (Å²) in [6, 6.07) is 12.1. The number of hydrogen-bond acceptors (Lipinski definition) is 4. The van der Waals surface area contributed by atoms with Gasteiger partial charge in [0.15, 0.2) is 0 Å². The molecule has 0 aliphatic rings. The van der Waals surface area contributed by atoms with Gasteiger partial charge in [-0.2, -0.15) is 0 Å². The fraction of sp³-hybridized carbons (Fsp3) is 0.278. The number of esters is 1. The average molecular weight is 354 g/mol. The van der Waals surface area contributed by atoms with Crippen LogP contribution < -0.4 is 9.47 Å². The fourth-order valence-corrected chi connectivity index (χ4v) is 2.19. The Morgan fingerprint density at radius 1 is 1.00 bits per heavy atom. The number of methoxy groups -OCH3 is 1. The lowest BCUT2D eigenvalue weighted by atomic mass is 10.1. The van der Waals surface area contributed by atoms with Gasteiger partial charge in [0.1, 0.15) is 11.5 Å². The molecular weight excluding hydrogens is 337 g/mol. The summed E-state index contributed by atoms with van der Waals surface area (Å²) in [5.41, 5.74) is 0.558. The first kappa shape index (κ1) is 18.8. The lowest BCUT2D eigenvalue weighted by Gasteiger charge is -2.18. The first-order valence-electron chi connectivity index (χ1n) is 7.53. The monoisotopic (exact) mass is 354 g/mol. The van der Waals surface area contributed by atoms with Crippen LogP contribution in [0.25, 0.3) is 0 Å². The van der Waals surface area contributed by atoms with Crippen molar-refractivity contribution >= 4 is 5.97 Å². The van der Waals surface area contributed by atoms with Gasteiger partial charge in [-0.25, -0.2) is 4.79 Å². The minimum Gasteiger partial charge on any atom is -0.497 e. The maximum absolute atomic E-state index is 12.4. The normalized spacial score (nSPS) is 12.5. The smallest absolute Gasteiger partial charge is 0.497 e. The Balaban J connectivity index is 2.06. The summed E-state index contributed by atoms with van der Waals surface area (Å²) in [5, 5.41) is 0. The minimum absolute atomic E-state index is 0.148. The maximum Gasteiger partial charge on any atom is 0.523 e. The van der Waals surface area contributed by atoms with Crippen LogP contribution in [0, 0.1) is 0 Å². The number of alkyl halides is 3. The molecule has 0 N–H and O–H groups in total. The molecule has 0 bridgehead atoms. The van der Waals surface area contributed by atoms with Gasteiger partial charge in [0.2, 0.25) is 0 Å². The van der Waals surface area contributed by atoms with Crippen LogP contribution >= 0.6 is 0 Å². The van der Waals surface area contributed by atoms with E-state index >= 15 is 0 Å². The van der Waals surface area contributed by atoms with Gasteiger partial charge in [0, 0.05) is 0 Å². The molecule has 0 aromatic heterocycles. The molecule has 2 rings (SSSR count). The van der Waals surface area contributed by atoms with Crippen LogP contribution in [-0.2, 0) is 4.74 Å². The third-order valence-corrected chi connectivity index (χ3v) is 3.43. The number of halogens is 3. The van der Waals surface area contributed by atoms with Gasteiger partial charge in [-0.1, -0.05) is 19.1 Å². The number of ether oxygens (including phenoxy) is 3. The van der Waals surface area contributed by atoms with E-state index in [1.807, 2.05) is 0 Å². The van der Waals surface area contributed by atoms with Gasteiger partial charge in [0.05, 0.1) is 18.8 Å². The number of benzene rings is 2. The highest BCUT2D eigenvalue weighted by Gasteiger charge is 2.33. The summed E-state index contributed by atoms with van der Waals surface area (Å²) in [6.45, 7) is 1.59. The molecule has 0 amide bonds. The third-order valence-electron chi connectivity index (χ3n) is 3.43. The van der Waals surface area contributed by atoms with Crippen LogP contribution in [0.1, 0.15) is 35.4 Å². The average Bonchev–Trinajstić information content (AvgIpc) is 2.59.